The zero-order valence-electron chi connectivity index (χ0n) is 11.9. The summed E-state index contributed by atoms with van der Waals surface area (Å²) >= 11 is 0. The molecule has 2 atom stereocenters. The van der Waals surface area contributed by atoms with E-state index in [4.69, 9.17) is 0 Å². The predicted octanol–water partition coefficient (Wildman–Crippen LogP) is 2.70. The van der Waals surface area contributed by atoms with Gasteiger partial charge in [-0.25, -0.2) is 0 Å². The number of rotatable bonds is 4. The van der Waals surface area contributed by atoms with E-state index in [-0.39, 0.29) is 24.4 Å². The molecular weight excluding hydrogens is 266 g/mol. The van der Waals surface area contributed by atoms with Crippen molar-refractivity contribution in [1.29, 1.82) is 0 Å². The van der Waals surface area contributed by atoms with Crippen LogP contribution in [0.4, 0.5) is 0 Å². The number of carbonyl (C=O) groups is 2. The van der Waals surface area contributed by atoms with Crippen LogP contribution in [0, 0.1) is 5.92 Å². The molecule has 0 radical (unpaired) electrons. The van der Waals surface area contributed by atoms with Crippen molar-refractivity contribution in [3.8, 4) is 0 Å². The molecule has 1 saturated heterocycles. The van der Waals surface area contributed by atoms with Crippen LogP contribution >= 0.6 is 0 Å². The van der Waals surface area contributed by atoms with Gasteiger partial charge in [-0.3, -0.25) is 9.59 Å². The molecule has 3 fully saturated rings. The summed E-state index contributed by atoms with van der Waals surface area (Å²) in [6, 6.07) is 8.12. The van der Waals surface area contributed by atoms with Gasteiger partial charge in [0.2, 0.25) is 5.91 Å². The lowest BCUT2D eigenvalue weighted by Gasteiger charge is -2.29. The number of amides is 1. The van der Waals surface area contributed by atoms with Crippen molar-refractivity contribution in [3.63, 3.8) is 0 Å². The molecule has 4 heteroatoms. The molecule has 4 rings (SSSR count). The molecule has 0 bridgehead atoms. The lowest BCUT2D eigenvalue weighted by Crippen LogP contribution is -2.33. The largest absolute Gasteiger partial charge is 0.481 e. The number of hydrogen-bond donors (Lipinski definition) is 1. The summed E-state index contributed by atoms with van der Waals surface area (Å²) in [5, 5.41) is 9.55. The molecule has 3 aliphatic rings. The molecule has 4 nitrogen and oxygen atoms in total. The van der Waals surface area contributed by atoms with Crippen molar-refractivity contribution in [1.82, 2.24) is 4.90 Å². The quantitative estimate of drug-likeness (QED) is 0.925. The standard InChI is InChI=1S/C17H19NO3/c19-15-9-14(17(20)21)16(18(15)11-7-8-11)13-4-2-1-3-12(13)10-5-6-10/h1-4,10-11,14,16H,5-9H2,(H,20,21). The first-order valence-corrected chi connectivity index (χ1v) is 7.79. The van der Waals surface area contributed by atoms with E-state index < -0.39 is 11.9 Å². The van der Waals surface area contributed by atoms with Gasteiger partial charge in [-0.1, -0.05) is 24.3 Å². The molecule has 0 spiro atoms. The van der Waals surface area contributed by atoms with E-state index in [0.717, 1.165) is 18.4 Å². The van der Waals surface area contributed by atoms with Gasteiger partial charge >= 0.3 is 5.97 Å². The number of nitrogens with zero attached hydrogens (tertiary/aromatic N) is 1. The fraction of sp³-hybridized carbons (Fsp3) is 0.529. The van der Waals surface area contributed by atoms with Crippen LogP contribution in [0.2, 0.25) is 0 Å². The van der Waals surface area contributed by atoms with Crippen LogP contribution in [0.25, 0.3) is 0 Å². The van der Waals surface area contributed by atoms with Crippen molar-refractivity contribution in [2.24, 2.45) is 5.92 Å². The molecule has 1 aromatic rings. The Bertz CT molecular complexity index is 604. The Labute approximate surface area is 123 Å². The van der Waals surface area contributed by atoms with Crippen LogP contribution in [-0.4, -0.2) is 27.9 Å². The van der Waals surface area contributed by atoms with Crippen LogP contribution in [0.1, 0.15) is 55.2 Å². The Morgan fingerprint density at radius 3 is 2.33 bits per heavy atom. The van der Waals surface area contributed by atoms with E-state index >= 15 is 0 Å². The van der Waals surface area contributed by atoms with Gasteiger partial charge in [-0.05, 0) is 42.7 Å². The van der Waals surface area contributed by atoms with Crippen molar-refractivity contribution < 1.29 is 14.7 Å². The summed E-state index contributed by atoms with van der Waals surface area (Å²) in [4.78, 5) is 25.8. The Hall–Kier alpha value is -1.84. The van der Waals surface area contributed by atoms with Crippen LogP contribution in [0.15, 0.2) is 24.3 Å². The average Bonchev–Trinajstić information content (AvgIpc) is 3.36. The average molecular weight is 285 g/mol. The van der Waals surface area contributed by atoms with Crippen LogP contribution < -0.4 is 0 Å². The summed E-state index contributed by atoms with van der Waals surface area (Å²) < 4.78 is 0. The van der Waals surface area contributed by atoms with Gasteiger partial charge in [-0.15, -0.1) is 0 Å². The molecule has 1 aliphatic heterocycles. The lowest BCUT2D eigenvalue weighted by atomic mass is 9.89. The number of carbonyl (C=O) groups excluding carboxylic acids is 1. The molecule has 2 unspecified atom stereocenters. The number of likely N-dealkylation sites (tertiary alicyclic amines) is 1. The fourth-order valence-corrected chi connectivity index (χ4v) is 3.67. The van der Waals surface area contributed by atoms with E-state index in [2.05, 4.69) is 6.07 Å². The number of benzene rings is 1. The van der Waals surface area contributed by atoms with Gasteiger partial charge in [-0.2, -0.15) is 0 Å². The zero-order valence-corrected chi connectivity index (χ0v) is 11.9. The highest BCUT2D eigenvalue weighted by atomic mass is 16.4. The summed E-state index contributed by atoms with van der Waals surface area (Å²) in [6.07, 6.45) is 4.54. The third-order valence-corrected chi connectivity index (χ3v) is 4.95. The normalized spacial score (nSPS) is 29.0. The third kappa shape index (κ3) is 2.13. The van der Waals surface area contributed by atoms with E-state index in [1.807, 2.05) is 23.1 Å². The molecule has 1 aromatic carbocycles. The van der Waals surface area contributed by atoms with Crippen LogP contribution in [0.5, 0.6) is 0 Å². The van der Waals surface area contributed by atoms with Gasteiger partial charge < -0.3 is 10.0 Å². The highest BCUT2D eigenvalue weighted by Gasteiger charge is 2.50. The monoisotopic (exact) mass is 285 g/mol. The lowest BCUT2D eigenvalue weighted by molar-refractivity contribution is -0.142. The predicted molar refractivity (Wildman–Crippen MR) is 76.8 cm³/mol. The fourth-order valence-electron chi connectivity index (χ4n) is 3.67. The zero-order chi connectivity index (χ0) is 14.6. The van der Waals surface area contributed by atoms with Gasteiger partial charge in [0, 0.05) is 12.5 Å². The first-order valence-electron chi connectivity index (χ1n) is 7.79. The number of carboxylic acid groups (broad SMARTS) is 1. The Kier molecular flexibility index (Phi) is 2.81. The maximum absolute atomic E-state index is 12.3. The molecule has 2 saturated carbocycles. The second kappa shape index (κ2) is 4.58. The first-order chi connectivity index (χ1) is 10.2. The summed E-state index contributed by atoms with van der Waals surface area (Å²) in [7, 11) is 0. The van der Waals surface area contributed by atoms with Gasteiger partial charge in [0.1, 0.15) is 0 Å². The molecular formula is C17H19NO3. The van der Waals surface area contributed by atoms with E-state index in [1.165, 1.54) is 18.4 Å². The maximum Gasteiger partial charge on any atom is 0.309 e. The number of aliphatic carboxylic acids is 1. The van der Waals surface area contributed by atoms with Gasteiger partial charge in [0.15, 0.2) is 0 Å². The third-order valence-electron chi connectivity index (χ3n) is 4.95. The molecule has 0 aromatic heterocycles. The summed E-state index contributed by atoms with van der Waals surface area (Å²) in [5.74, 6) is -0.868. The smallest absolute Gasteiger partial charge is 0.309 e. The Morgan fingerprint density at radius 1 is 1.10 bits per heavy atom. The minimum atomic E-state index is -0.845. The molecule has 2 aliphatic carbocycles. The van der Waals surface area contributed by atoms with Crippen LogP contribution in [-0.2, 0) is 9.59 Å². The van der Waals surface area contributed by atoms with Crippen molar-refractivity contribution in [2.45, 2.75) is 50.1 Å². The van der Waals surface area contributed by atoms with E-state index in [1.54, 1.807) is 0 Å². The molecule has 1 N–H and O–H groups in total. The molecule has 1 amide bonds. The second-order valence-electron chi connectivity index (χ2n) is 6.53. The number of carboxylic acids is 1. The van der Waals surface area contributed by atoms with E-state index in [9.17, 15) is 14.7 Å². The maximum atomic E-state index is 12.3. The minimum absolute atomic E-state index is 0.0144. The highest BCUT2D eigenvalue weighted by molar-refractivity contribution is 5.88. The second-order valence-corrected chi connectivity index (χ2v) is 6.53. The molecule has 110 valence electrons. The number of hydrogen-bond acceptors (Lipinski definition) is 2. The topological polar surface area (TPSA) is 57.6 Å². The highest BCUT2D eigenvalue weighted by Crippen LogP contribution is 2.50. The molecule has 1 heterocycles. The van der Waals surface area contributed by atoms with Crippen molar-refractivity contribution in [3.05, 3.63) is 35.4 Å². The molecule has 21 heavy (non-hydrogen) atoms. The SMILES string of the molecule is O=C(O)C1CC(=O)N(C2CC2)C1c1ccccc1C1CC1. The van der Waals surface area contributed by atoms with Crippen molar-refractivity contribution >= 4 is 11.9 Å². The summed E-state index contributed by atoms with van der Waals surface area (Å²) in [5.41, 5.74) is 2.33. The summed E-state index contributed by atoms with van der Waals surface area (Å²) in [6.45, 7) is 0. The minimum Gasteiger partial charge on any atom is -0.481 e. The van der Waals surface area contributed by atoms with Crippen molar-refractivity contribution in [2.75, 3.05) is 0 Å². The van der Waals surface area contributed by atoms with Gasteiger partial charge in [0.05, 0.1) is 12.0 Å². The van der Waals surface area contributed by atoms with Gasteiger partial charge in [0.25, 0.3) is 0 Å². The first kappa shape index (κ1) is 12.9. The van der Waals surface area contributed by atoms with E-state index in [0.29, 0.717) is 5.92 Å². The Balaban J connectivity index is 1.78. The van der Waals surface area contributed by atoms with Crippen LogP contribution in [0.3, 0.4) is 0 Å². The Morgan fingerprint density at radius 2 is 1.76 bits per heavy atom.